The van der Waals surface area contributed by atoms with Gasteiger partial charge in [0.1, 0.15) is 0 Å². The SMILES string of the molecule is CSCCn1c(=NC(=O)c2ccc(SC)cc2)sc2cc([N+](=O)[O-])ccc21. The molecule has 0 saturated carbocycles. The predicted molar refractivity (Wildman–Crippen MR) is 113 cm³/mol. The quantitative estimate of drug-likeness (QED) is 0.335. The summed E-state index contributed by atoms with van der Waals surface area (Å²) in [5.41, 5.74) is 1.41. The molecule has 1 amide bonds. The van der Waals surface area contributed by atoms with E-state index in [1.807, 2.05) is 29.2 Å². The van der Waals surface area contributed by atoms with Crippen LogP contribution in [0.5, 0.6) is 0 Å². The fourth-order valence-electron chi connectivity index (χ4n) is 2.54. The molecule has 1 aromatic heterocycles. The molecular formula is C18H17N3O3S3. The van der Waals surface area contributed by atoms with Crippen molar-refractivity contribution >= 4 is 56.7 Å². The lowest BCUT2D eigenvalue weighted by Crippen LogP contribution is -2.18. The van der Waals surface area contributed by atoms with Crippen molar-refractivity contribution in [3.8, 4) is 0 Å². The number of aryl methyl sites for hydroxylation is 1. The van der Waals surface area contributed by atoms with Crippen molar-refractivity contribution in [2.45, 2.75) is 11.4 Å². The highest BCUT2D eigenvalue weighted by Crippen LogP contribution is 2.23. The van der Waals surface area contributed by atoms with E-state index < -0.39 is 4.92 Å². The van der Waals surface area contributed by atoms with Crippen molar-refractivity contribution in [1.82, 2.24) is 4.57 Å². The summed E-state index contributed by atoms with van der Waals surface area (Å²) in [4.78, 5) is 29.2. The van der Waals surface area contributed by atoms with Gasteiger partial charge in [0.15, 0.2) is 4.80 Å². The van der Waals surface area contributed by atoms with Crippen LogP contribution in [0.4, 0.5) is 5.69 Å². The second kappa shape index (κ2) is 8.73. The molecule has 0 N–H and O–H groups in total. The van der Waals surface area contributed by atoms with Crippen LogP contribution in [0.15, 0.2) is 52.4 Å². The van der Waals surface area contributed by atoms with E-state index in [0.29, 0.717) is 16.9 Å². The van der Waals surface area contributed by atoms with Gasteiger partial charge in [-0.2, -0.15) is 16.8 Å². The number of carbonyl (C=O) groups is 1. The van der Waals surface area contributed by atoms with E-state index in [-0.39, 0.29) is 11.6 Å². The maximum atomic E-state index is 12.6. The van der Waals surface area contributed by atoms with E-state index in [4.69, 9.17) is 0 Å². The summed E-state index contributed by atoms with van der Waals surface area (Å²) in [5, 5.41) is 11.0. The molecule has 1 heterocycles. The summed E-state index contributed by atoms with van der Waals surface area (Å²) in [5.74, 6) is 0.536. The smallest absolute Gasteiger partial charge is 0.279 e. The number of amides is 1. The summed E-state index contributed by atoms with van der Waals surface area (Å²) >= 11 is 4.60. The average Bonchev–Trinajstić information content (AvgIpc) is 3.02. The molecule has 0 spiro atoms. The monoisotopic (exact) mass is 419 g/mol. The Kier molecular flexibility index (Phi) is 6.35. The maximum Gasteiger partial charge on any atom is 0.279 e. The number of hydrogen-bond acceptors (Lipinski definition) is 6. The summed E-state index contributed by atoms with van der Waals surface area (Å²) in [6.45, 7) is 0.677. The van der Waals surface area contributed by atoms with Crippen LogP contribution in [0.25, 0.3) is 10.2 Å². The van der Waals surface area contributed by atoms with Crippen LogP contribution in [0.1, 0.15) is 10.4 Å². The zero-order chi connectivity index (χ0) is 19.4. The molecule has 0 aliphatic carbocycles. The maximum absolute atomic E-state index is 12.6. The Hall–Kier alpha value is -2.10. The molecular weight excluding hydrogens is 402 g/mol. The molecule has 140 valence electrons. The Labute approximate surface area is 168 Å². The van der Waals surface area contributed by atoms with Crippen LogP contribution >= 0.6 is 34.9 Å². The minimum atomic E-state index is -0.416. The number of thiazole rings is 1. The molecule has 3 rings (SSSR count). The minimum Gasteiger partial charge on any atom is -0.315 e. The first-order valence-corrected chi connectivity index (χ1v) is 11.5. The fraction of sp³-hybridized carbons (Fsp3) is 0.222. The molecule has 0 radical (unpaired) electrons. The first kappa shape index (κ1) is 19.7. The Morgan fingerprint density at radius 3 is 2.59 bits per heavy atom. The van der Waals surface area contributed by atoms with Crippen LogP contribution in [0.3, 0.4) is 0 Å². The predicted octanol–water partition coefficient (Wildman–Crippen LogP) is 4.44. The van der Waals surface area contributed by atoms with Crippen LogP contribution < -0.4 is 4.80 Å². The lowest BCUT2D eigenvalue weighted by Gasteiger charge is -2.03. The lowest BCUT2D eigenvalue weighted by molar-refractivity contribution is -0.384. The van der Waals surface area contributed by atoms with Gasteiger partial charge < -0.3 is 4.57 Å². The van der Waals surface area contributed by atoms with Gasteiger partial charge in [0.2, 0.25) is 0 Å². The number of aromatic nitrogens is 1. The molecule has 0 atom stereocenters. The number of fused-ring (bicyclic) bond motifs is 1. The normalized spacial score (nSPS) is 11.9. The molecule has 0 saturated heterocycles. The lowest BCUT2D eigenvalue weighted by atomic mass is 10.2. The van der Waals surface area contributed by atoms with Crippen molar-refractivity contribution in [2.24, 2.45) is 4.99 Å². The Bertz CT molecular complexity index is 1060. The summed E-state index contributed by atoms with van der Waals surface area (Å²) < 4.78 is 2.70. The number of carbonyl (C=O) groups excluding carboxylic acids is 1. The molecule has 0 aliphatic heterocycles. The van der Waals surface area contributed by atoms with E-state index in [0.717, 1.165) is 20.9 Å². The molecule has 27 heavy (non-hydrogen) atoms. The van der Waals surface area contributed by atoms with Crippen LogP contribution in [0, 0.1) is 10.1 Å². The van der Waals surface area contributed by atoms with Crippen LogP contribution in [0.2, 0.25) is 0 Å². The third-order valence-corrected chi connectivity index (χ3v) is 6.31. The fourth-order valence-corrected chi connectivity index (χ4v) is 4.41. The number of nitro benzene ring substituents is 1. The van der Waals surface area contributed by atoms with Gasteiger partial charge in [-0.3, -0.25) is 14.9 Å². The van der Waals surface area contributed by atoms with Gasteiger partial charge in [0, 0.05) is 34.9 Å². The highest BCUT2D eigenvalue weighted by atomic mass is 32.2. The van der Waals surface area contributed by atoms with Gasteiger partial charge in [0.25, 0.3) is 11.6 Å². The largest absolute Gasteiger partial charge is 0.315 e. The van der Waals surface area contributed by atoms with E-state index in [1.54, 1.807) is 41.7 Å². The van der Waals surface area contributed by atoms with Gasteiger partial charge in [-0.15, -0.1) is 11.8 Å². The van der Waals surface area contributed by atoms with Crippen molar-refractivity contribution < 1.29 is 9.72 Å². The highest BCUT2D eigenvalue weighted by molar-refractivity contribution is 7.98. The third kappa shape index (κ3) is 4.42. The second-order valence-electron chi connectivity index (χ2n) is 5.58. The summed E-state index contributed by atoms with van der Waals surface area (Å²) in [7, 11) is 0. The highest BCUT2D eigenvalue weighted by Gasteiger charge is 2.13. The van der Waals surface area contributed by atoms with E-state index in [9.17, 15) is 14.9 Å². The average molecular weight is 420 g/mol. The van der Waals surface area contributed by atoms with Gasteiger partial charge in [0.05, 0.1) is 15.1 Å². The summed E-state index contributed by atoms with van der Waals surface area (Å²) in [6, 6.07) is 12.1. The molecule has 0 unspecified atom stereocenters. The molecule has 9 heteroatoms. The van der Waals surface area contributed by atoms with Crippen LogP contribution in [-0.2, 0) is 6.54 Å². The zero-order valence-corrected chi connectivity index (χ0v) is 17.2. The van der Waals surface area contributed by atoms with E-state index in [1.165, 1.54) is 23.5 Å². The third-order valence-electron chi connectivity index (χ3n) is 3.93. The number of non-ortho nitro benzene ring substituents is 1. The number of nitrogens with zero attached hydrogens (tertiary/aromatic N) is 3. The van der Waals surface area contributed by atoms with E-state index in [2.05, 4.69) is 4.99 Å². The number of hydrogen-bond donors (Lipinski definition) is 0. The van der Waals surface area contributed by atoms with Gasteiger partial charge >= 0.3 is 0 Å². The van der Waals surface area contributed by atoms with E-state index >= 15 is 0 Å². The minimum absolute atomic E-state index is 0.0336. The molecule has 0 fully saturated rings. The van der Waals surface area contributed by atoms with Gasteiger partial charge in [-0.25, -0.2) is 0 Å². The van der Waals surface area contributed by atoms with Crippen LogP contribution in [-0.4, -0.2) is 33.7 Å². The zero-order valence-electron chi connectivity index (χ0n) is 14.7. The Balaban J connectivity index is 2.08. The standard InChI is InChI=1S/C18H17N3O3S3/c1-25-10-9-20-15-8-5-13(21(23)24)11-16(15)27-18(20)19-17(22)12-3-6-14(26-2)7-4-12/h3-8,11H,9-10H2,1-2H3. The molecule has 0 aliphatic rings. The Morgan fingerprint density at radius 1 is 1.22 bits per heavy atom. The first-order chi connectivity index (χ1) is 13.0. The van der Waals surface area contributed by atoms with Crippen molar-refractivity contribution in [3.05, 3.63) is 62.9 Å². The van der Waals surface area contributed by atoms with Crippen molar-refractivity contribution in [1.29, 1.82) is 0 Å². The number of nitro groups is 1. The van der Waals surface area contributed by atoms with Crippen molar-refractivity contribution in [2.75, 3.05) is 18.3 Å². The molecule has 6 nitrogen and oxygen atoms in total. The Morgan fingerprint density at radius 2 is 1.96 bits per heavy atom. The number of thioether (sulfide) groups is 2. The van der Waals surface area contributed by atoms with Gasteiger partial charge in [-0.1, -0.05) is 11.3 Å². The number of benzene rings is 2. The molecule has 0 bridgehead atoms. The topological polar surface area (TPSA) is 77.5 Å². The van der Waals surface area contributed by atoms with Gasteiger partial charge in [-0.05, 0) is 42.8 Å². The van der Waals surface area contributed by atoms with Crippen molar-refractivity contribution in [3.63, 3.8) is 0 Å². The first-order valence-electron chi connectivity index (χ1n) is 8.03. The summed E-state index contributed by atoms with van der Waals surface area (Å²) in [6.07, 6.45) is 3.99. The number of rotatable bonds is 6. The molecule has 2 aromatic carbocycles. The second-order valence-corrected chi connectivity index (χ2v) is 8.46. The molecule has 3 aromatic rings.